The van der Waals surface area contributed by atoms with Gasteiger partial charge in [0.1, 0.15) is 0 Å². The molecule has 0 bridgehead atoms. The van der Waals surface area contributed by atoms with Crippen molar-refractivity contribution in [1.29, 1.82) is 0 Å². The molecule has 2 aromatic carbocycles. The predicted octanol–water partition coefficient (Wildman–Crippen LogP) is 3.46. The molecule has 5 heteroatoms. The Hall–Kier alpha value is -2.69. The lowest BCUT2D eigenvalue weighted by Crippen LogP contribution is -2.11. The lowest BCUT2D eigenvalue weighted by atomic mass is 9.99. The van der Waals surface area contributed by atoms with Crippen LogP contribution in [0.3, 0.4) is 0 Å². The molecular formula is C17H19N3O2. The van der Waals surface area contributed by atoms with E-state index in [1.807, 2.05) is 30.3 Å². The minimum atomic E-state index is -0.836. The van der Waals surface area contributed by atoms with Gasteiger partial charge >= 0.3 is 5.97 Å². The van der Waals surface area contributed by atoms with Gasteiger partial charge in [-0.1, -0.05) is 59.8 Å². The molecule has 0 aliphatic rings. The second-order valence-corrected chi connectivity index (χ2v) is 5.08. The zero-order chi connectivity index (χ0) is 15.8. The van der Waals surface area contributed by atoms with Crippen LogP contribution in [0.5, 0.6) is 0 Å². The zero-order valence-electron chi connectivity index (χ0n) is 12.2. The normalized spacial score (nSPS) is 12.4. The Morgan fingerprint density at radius 2 is 1.68 bits per heavy atom. The maximum absolute atomic E-state index is 10.7. The van der Waals surface area contributed by atoms with E-state index in [2.05, 4.69) is 34.6 Å². The van der Waals surface area contributed by atoms with Gasteiger partial charge in [-0.15, -0.1) is 0 Å². The Balaban J connectivity index is 2.04. The van der Waals surface area contributed by atoms with Crippen molar-refractivity contribution in [2.45, 2.75) is 25.3 Å². The van der Waals surface area contributed by atoms with Gasteiger partial charge in [0.15, 0.2) is 0 Å². The van der Waals surface area contributed by atoms with Crippen molar-refractivity contribution in [3.63, 3.8) is 0 Å². The molecule has 0 saturated carbocycles. The molecule has 2 aromatic rings. The molecule has 5 nitrogen and oxygen atoms in total. The number of nitrogens with two attached hydrogens (primary N) is 1. The smallest absolute Gasteiger partial charge is 0.303 e. The van der Waals surface area contributed by atoms with Gasteiger partial charge in [-0.3, -0.25) is 4.79 Å². The maximum Gasteiger partial charge on any atom is 0.303 e. The summed E-state index contributed by atoms with van der Waals surface area (Å²) in [5.74, 6) is 4.26. The van der Waals surface area contributed by atoms with Crippen molar-refractivity contribution in [3.05, 3.63) is 60.2 Å². The van der Waals surface area contributed by atoms with E-state index in [1.165, 1.54) is 0 Å². The van der Waals surface area contributed by atoms with Crippen LogP contribution in [0.2, 0.25) is 0 Å². The summed E-state index contributed by atoms with van der Waals surface area (Å²) in [7, 11) is 0. The molecule has 0 aliphatic heterocycles. The number of rotatable bonds is 7. The predicted molar refractivity (Wildman–Crippen MR) is 85.3 cm³/mol. The second kappa shape index (κ2) is 7.93. The molecule has 2 rings (SSSR count). The Labute approximate surface area is 129 Å². The molecule has 0 spiro atoms. The highest BCUT2D eigenvalue weighted by Crippen LogP contribution is 2.20. The van der Waals surface area contributed by atoms with Crippen LogP contribution in [0.4, 0.5) is 0 Å². The third-order valence-electron chi connectivity index (χ3n) is 3.45. The van der Waals surface area contributed by atoms with Gasteiger partial charge in [-0.05, 0) is 29.5 Å². The number of nitrogens with zero attached hydrogens (tertiary/aromatic N) is 2. The fourth-order valence-corrected chi connectivity index (χ4v) is 2.32. The molecule has 3 N–H and O–H groups in total. The Morgan fingerprint density at radius 3 is 2.27 bits per heavy atom. The topological polar surface area (TPSA) is 88.0 Å². The lowest BCUT2D eigenvalue weighted by molar-refractivity contribution is -0.137. The molecule has 0 radical (unpaired) electrons. The molecule has 114 valence electrons. The molecule has 1 unspecified atom stereocenters. The van der Waals surface area contributed by atoms with Crippen LogP contribution in [0.15, 0.2) is 64.9 Å². The number of aliphatic carboxylic acids is 1. The number of carboxylic acids is 1. The van der Waals surface area contributed by atoms with Gasteiger partial charge in [0, 0.05) is 6.42 Å². The zero-order valence-corrected chi connectivity index (χ0v) is 12.2. The number of carboxylic acid groups (broad SMARTS) is 1. The molecule has 0 aromatic heterocycles. The highest BCUT2D eigenvalue weighted by molar-refractivity contribution is 5.66. The molecule has 0 fully saturated rings. The van der Waals surface area contributed by atoms with Crippen LogP contribution >= 0.6 is 0 Å². The van der Waals surface area contributed by atoms with Crippen molar-refractivity contribution in [1.82, 2.24) is 0 Å². The van der Waals surface area contributed by atoms with Crippen LogP contribution in [0.25, 0.3) is 11.1 Å². The summed E-state index contributed by atoms with van der Waals surface area (Å²) in [6.45, 7) is 0. The van der Waals surface area contributed by atoms with Crippen molar-refractivity contribution in [3.8, 4) is 11.1 Å². The summed E-state index contributed by atoms with van der Waals surface area (Å²) >= 11 is 0. The summed E-state index contributed by atoms with van der Waals surface area (Å²) in [6, 6.07) is 18.1. The van der Waals surface area contributed by atoms with E-state index in [0.717, 1.165) is 16.7 Å². The molecule has 1 atom stereocenters. The third-order valence-corrected chi connectivity index (χ3v) is 3.45. The van der Waals surface area contributed by atoms with Crippen molar-refractivity contribution < 1.29 is 9.90 Å². The van der Waals surface area contributed by atoms with E-state index in [1.54, 1.807) is 0 Å². The van der Waals surface area contributed by atoms with E-state index >= 15 is 0 Å². The largest absolute Gasteiger partial charge is 0.481 e. The van der Waals surface area contributed by atoms with E-state index < -0.39 is 5.97 Å². The highest BCUT2D eigenvalue weighted by atomic mass is 16.4. The summed E-state index contributed by atoms with van der Waals surface area (Å²) in [6.07, 6.45) is 1.12. The summed E-state index contributed by atoms with van der Waals surface area (Å²) in [5.41, 5.74) is 3.40. The second-order valence-electron chi connectivity index (χ2n) is 5.08. The van der Waals surface area contributed by atoms with Gasteiger partial charge < -0.3 is 10.9 Å². The molecule has 22 heavy (non-hydrogen) atoms. The Morgan fingerprint density at radius 1 is 1.05 bits per heavy atom. The van der Waals surface area contributed by atoms with Crippen molar-refractivity contribution in [2.75, 3.05) is 0 Å². The van der Waals surface area contributed by atoms with Gasteiger partial charge in [0.25, 0.3) is 0 Å². The molecule has 0 aliphatic carbocycles. The van der Waals surface area contributed by atoms with Crippen LogP contribution in [-0.2, 0) is 11.2 Å². The molecular weight excluding hydrogens is 278 g/mol. The molecule has 0 saturated heterocycles. The van der Waals surface area contributed by atoms with E-state index in [9.17, 15) is 4.79 Å². The molecule has 0 heterocycles. The van der Waals surface area contributed by atoms with Crippen molar-refractivity contribution in [2.24, 2.45) is 16.2 Å². The average Bonchev–Trinajstić information content (AvgIpc) is 2.54. The van der Waals surface area contributed by atoms with E-state index in [4.69, 9.17) is 10.9 Å². The van der Waals surface area contributed by atoms with Crippen LogP contribution in [0.1, 0.15) is 18.4 Å². The van der Waals surface area contributed by atoms with Crippen molar-refractivity contribution >= 4 is 5.97 Å². The van der Waals surface area contributed by atoms with Gasteiger partial charge in [0.05, 0.1) is 6.04 Å². The summed E-state index contributed by atoms with van der Waals surface area (Å²) in [4.78, 5) is 10.7. The third kappa shape index (κ3) is 4.70. The average molecular weight is 297 g/mol. The number of benzene rings is 2. The van der Waals surface area contributed by atoms with Crippen LogP contribution in [-0.4, -0.2) is 17.1 Å². The first-order valence-electron chi connectivity index (χ1n) is 7.15. The first kappa shape index (κ1) is 15.7. The SMILES string of the molecule is NN=NC(CCC(=O)O)Cc1ccc(-c2ccccc2)cc1. The highest BCUT2D eigenvalue weighted by Gasteiger charge is 2.11. The van der Waals surface area contributed by atoms with E-state index in [-0.39, 0.29) is 12.5 Å². The van der Waals surface area contributed by atoms with Crippen LogP contribution < -0.4 is 5.84 Å². The maximum atomic E-state index is 10.7. The first-order chi connectivity index (χ1) is 10.7. The number of carbonyl (C=O) groups is 1. The van der Waals surface area contributed by atoms with Gasteiger partial charge in [-0.25, -0.2) is 0 Å². The Kier molecular flexibility index (Phi) is 5.65. The van der Waals surface area contributed by atoms with E-state index in [0.29, 0.717) is 12.8 Å². The van der Waals surface area contributed by atoms with Gasteiger partial charge in [-0.2, -0.15) is 5.11 Å². The minimum Gasteiger partial charge on any atom is -0.481 e. The summed E-state index contributed by atoms with van der Waals surface area (Å²) in [5, 5.41) is 16.0. The van der Waals surface area contributed by atoms with Gasteiger partial charge in [0.2, 0.25) is 0 Å². The number of hydrogen-bond donors (Lipinski definition) is 2. The molecule has 0 amide bonds. The quantitative estimate of drug-likeness (QED) is 0.466. The standard InChI is InChI=1S/C17H19N3O2/c18-20-19-16(10-11-17(21)22)12-13-6-8-15(9-7-13)14-4-2-1-3-5-14/h1-9,16H,10-12H2,(H2,18,19)(H,21,22). The fraction of sp³-hybridized carbons (Fsp3) is 0.235. The number of hydrogen-bond acceptors (Lipinski definition) is 3. The first-order valence-corrected chi connectivity index (χ1v) is 7.15. The van der Waals surface area contributed by atoms with Crippen LogP contribution in [0, 0.1) is 0 Å². The minimum absolute atomic E-state index is 0.0613. The Bertz CT molecular complexity index is 624. The fourth-order valence-electron chi connectivity index (χ4n) is 2.32. The summed E-state index contributed by atoms with van der Waals surface area (Å²) < 4.78 is 0. The lowest BCUT2D eigenvalue weighted by Gasteiger charge is -2.10. The monoisotopic (exact) mass is 297 g/mol.